The quantitative estimate of drug-likeness (QED) is 0.791. The van der Waals surface area contributed by atoms with E-state index < -0.39 is 5.82 Å². The first-order valence-electron chi connectivity index (χ1n) is 9.50. The molecule has 1 saturated heterocycles. The average molecular weight is 367 g/mol. The Bertz CT molecular complexity index is 593. The Morgan fingerprint density at radius 1 is 1.16 bits per heavy atom. The van der Waals surface area contributed by atoms with Gasteiger partial charge in [-0.25, -0.2) is 4.39 Å². The van der Waals surface area contributed by atoms with Crippen molar-refractivity contribution in [2.45, 2.75) is 51.0 Å². The Morgan fingerprint density at radius 3 is 2.48 bits per heavy atom. The van der Waals surface area contributed by atoms with Gasteiger partial charge in [-0.1, -0.05) is 11.6 Å². The lowest BCUT2D eigenvalue weighted by Gasteiger charge is -2.33. The Morgan fingerprint density at radius 2 is 1.84 bits per heavy atom. The van der Waals surface area contributed by atoms with E-state index in [4.69, 9.17) is 17.3 Å². The van der Waals surface area contributed by atoms with Crippen molar-refractivity contribution in [3.05, 3.63) is 34.6 Å². The van der Waals surface area contributed by atoms with Crippen LogP contribution in [-0.4, -0.2) is 36.4 Å². The number of nitrogens with two attached hydrogens (primary N) is 1. The monoisotopic (exact) mass is 366 g/mol. The summed E-state index contributed by atoms with van der Waals surface area (Å²) in [7, 11) is 0. The van der Waals surface area contributed by atoms with E-state index in [-0.39, 0.29) is 16.7 Å². The van der Waals surface area contributed by atoms with Crippen LogP contribution in [0.3, 0.4) is 0 Å². The molecule has 2 N–H and O–H groups in total. The third-order valence-electron chi connectivity index (χ3n) is 5.90. The number of halogens is 2. The van der Waals surface area contributed by atoms with Crippen molar-refractivity contribution in [1.82, 2.24) is 4.90 Å². The zero-order valence-corrected chi connectivity index (χ0v) is 15.5. The van der Waals surface area contributed by atoms with Gasteiger partial charge >= 0.3 is 0 Å². The molecule has 0 aromatic heterocycles. The predicted octanol–water partition coefficient (Wildman–Crippen LogP) is 4.28. The molecule has 1 aromatic carbocycles. The summed E-state index contributed by atoms with van der Waals surface area (Å²) in [5.74, 6) is 0.482. The minimum atomic E-state index is -0.403. The zero-order chi connectivity index (χ0) is 17.8. The highest BCUT2D eigenvalue weighted by Gasteiger charge is 2.27. The summed E-state index contributed by atoms with van der Waals surface area (Å²) in [4.78, 5) is 15.1. The molecule has 25 heavy (non-hydrogen) atoms. The zero-order valence-electron chi connectivity index (χ0n) is 14.7. The number of likely N-dealkylation sites (tertiary alicyclic amines) is 1. The summed E-state index contributed by atoms with van der Waals surface area (Å²) in [6.45, 7) is 3.04. The molecule has 1 aromatic rings. The molecule has 0 atom stereocenters. The summed E-state index contributed by atoms with van der Waals surface area (Å²) >= 11 is 6.04. The van der Waals surface area contributed by atoms with E-state index in [1.54, 1.807) is 0 Å². The topological polar surface area (TPSA) is 46.3 Å². The van der Waals surface area contributed by atoms with Gasteiger partial charge in [0, 0.05) is 17.5 Å². The van der Waals surface area contributed by atoms with E-state index in [2.05, 4.69) is 4.90 Å². The van der Waals surface area contributed by atoms with E-state index in [1.165, 1.54) is 50.3 Å². The summed E-state index contributed by atoms with van der Waals surface area (Å²) in [6, 6.07) is 4.46. The molecule has 5 heteroatoms. The van der Waals surface area contributed by atoms with Crippen LogP contribution in [-0.2, 0) is 0 Å². The fraction of sp³-hybridized carbons (Fsp3) is 0.650. The van der Waals surface area contributed by atoms with Crippen molar-refractivity contribution < 1.29 is 9.18 Å². The minimum Gasteiger partial charge on any atom is -0.328 e. The number of carbonyl (C=O) groups excluding carboxylic acids is 1. The third kappa shape index (κ3) is 5.02. The van der Waals surface area contributed by atoms with E-state index in [0.717, 1.165) is 38.4 Å². The van der Waals surface area contributed by atoms with Crippen LogP contribution in [0.2, 0.25) is 5.02 Å². The lowest BCUT2D eigenvalue weighted by atomic mass is 9.84. The number of hydrogen-bond donors (Lipinski definition) is 1. The van der Waals surface area contributed by atoms with E-state index in [1.807, 2.05) is 0 Å². The SMILES string of the molecule is N[C@H]1CC[C@H](CCN2CCC(C(=O)c3ccc(F)cc3Cl)CC2)CC1. The van der Waals surface area contributed by atoms with Gasteiger partial charge in [-0.2, -0.15) is 0 Å². The van der Waals surface area contributed by atoms with Gasteiger partial charge in [-0.15, -0.1) is 0 Å². The number of carbonyl (C=O) groups is 1. The van der Waals surface area contributed by atoms with Gasteiger partial charge in [0.15, 0.2) is 5.78 Å². The molecule has 2 fully saturated rings. The van der Waals surface area contributed by atoms with Gasteiger partial charge < -0.3 is 10.6 Å². The fourth-order valence-corrected chi connectivity index (χ4v) is 4.43. The number of piperidine rings is 1. The number of ketones is 1. The van der Waals surface area contributed by atoms with Gasteiger partial charge in [0.2, 0.25) is 0 Å². The lowest BCUT2D eigenvalue weighted by Crippen LogP contribution is -2.38. The first-order chi connectivity index (χ1) is 12.0. The summed E-state index contributed by atoms with van der Waals surface area (Å²) in [5.41, 5.74) is 6.43. The van der Waals surface area contributed by atoms with Crippen LogP contribution >= 0.6 is 11.6 Å². The Balaban J connectivity index is 1.44. The molecule has 0 unspecified atom stereocenters. The minimum absolute atomic E-state index is 0.00638. The van der Waals surface area contributed by atoms with Crippen molar-refractivity contribution >= 4 is 17.4 Å². The second-order valence-electron chi connectivity index (χ2n) is 7.67. The molecule has 1 aliphatic heterocycles. The molecule has 0 spiro atoms. The second-order valence-corrected chi connectivity index (χ2v) is 8.08. The lowest BCUT2D eigenvalue weighted by molar-refractivity contribution is 0.0833. The standard InChI is InChI=1S/C20H28ClFN2O/c21-19-13-16(22)3-6-18(19)20(25)15-8-11-24(12-9-15)10-7-14-1-4-17(23)5-2-14/h3,6,13-15,17H,1-2,4-5,7-12,23H2/t14-,17-. The van der Waals surface area contributed by atoms with Crippen LogP contribution in [0, 0.1) is 17.7 Å². The normalized spacial score (nSPS) is 25.9. The third-order valence-corrected chi connectivity index (χ3v) is 6.21. The summed E-state index contributed by atoms with van der Waals surface area (Å²) < 4.78 is 13.2. The molecular weight excluding hydrogens is 339 g/mol. The molecule has 2 aliphatic rings. The molecule has 0 bridgehead atoms. The summed E-state index contributed by atoms with van der Waals surface area (Å²) in [6.07, 6.45) is 7.83. The average Bonchev–Trinajstić information content (AvgIpc) is 2.61. The maximum atomic E-state index is 13.2. The van der Waals surface area contributed by atoms with Crippen LogP contribution < -0.4 is 5.73 Å². The highest BCUT2D eigenvalue weighted by atomic mass is 35.5. The molecule has 1 saturated carbocycles. The molecule has 3 nitrogen and oxygen atoms in total. The molecule has 1 heterocycles. The van der Waals surface area contributed by atoms with Gasteiger partial charge in [0.25, 0.3) is 0 Å². The van der Waals surface area contributed by atoms with Crippen molar-refractivity contribution in [3.63, 3.8) is 0 Å². The van der Waals surface area contributed by atoms with Crippen molar-refractivity contribution in [1.29, 1.82) is 0 Å². The van der Waals surface area contributed by atoms with Gasteiger partial charge in [0.1, 0.15) is 5.82 Å². The summed E-state index contributed by atoms with van der Waals surface area (Å²) in [5, 5.41) is 0.225. The van der Waals surface area contributed by atoms with Crippen molar-refractivity contribution in [2.24, 2.45) is 17.6 Å². The Kier molecular flexibility index (Phi) is 6.48. The van der Waals surface area contributed by atoms with E-state index in [0.29, 0.717) is 11.6 Å². The van der Waals surface area contributed by atoms with Crippen LogP contribution in [0.4, 0.5) is 4.39 Å². The molecule has 0 amide bonds. The number of Topliss-reactive ketones (excluding diaryl/α,β-unsaturated/α-hetero) is 1. The molecule has 3 rings (SSSR count). The number of benzene rings is 1. The number of hydrogen-bond acceptors (Lipinski definition) is 3. The maximum absolute atomic E-state index is 13.2. The number of rotatable bonds is 5. The second kappa shape index (κ2) is 8.61. The first kappa shape index (κ1) is 18.8. The van der Waals surface area contributed by atoms with Crippen LogP contribution in [0.5, 0.6) is 0 Å². The number of nitrogens with zero attached hydrogens (tertiary/aromatic N) is 1. The first-order valence-corrected chi connectivity index (χ1v) is 9.88. The maximum Gasteiger partial charge on any atom is 0.167 e. The fourth-order valence-electron chi connectivity index (χ4n) is 4.17. The van der Waals surface area contributed by atoms with E-state index in [9.17, 15) is 9.18 Å². The van der Waals surface area contributed by atoms with Gasteiger partial charge in [-0.3, -0.25) is 4.79 Å². The predicted molar refractivity (Wildman–Crippen MR) is 99.5 cm³/mol. The molecule has 138 valence electrons. The van der Waals surface area contributed by atoms with Crippen LogP contribution in [0.25, 0.3) is 0 Å². The van der Waals surface area contributed by atoms with Crippen LogP contribution in [0.1, 0.15) is 55.3 Å². The van der Waals surface area contributed by atoms with Gasteiger partial charge in [-0.05, 0) is 88.7 Å². The highest BCUT2D eigenvalue weighted by molar-refractivity contribution is 6.34. The van der Waals surface area contributed by atoms with Crippen LogP contribution in [0.15, 0.2) is 18.2 Å². The molecule has 1 aliphatic carbocycles. The van der Waals surface area contributed by atoms with E-state index >= 15 is 0 Å². The molecule has 0 radical (unpaired) electrons. The van der Waals surface area contributed by atoms with Crippen molar-refractivity contribution in [3.8, 4) is 0 Å². The smallest absolute Gasteiger partial charge is 0.167 e. The largest absolute Gasteiger partial charge is 0.328 e. The van der Waals surface area contributed by atoms with Gasteiger partial charge in [0.05, 0.1) is 5.02 Å². The Hall–Kier alpha value is -0.970. The highest BCUT2D eigenvalue weighted by Crippen LogP contribution is 2.29. The van der Waals surface area contributed by atoms with Crippen molar-refractivity contribution in [2.75, 3.05) is 19.6 Å². The molecular formula is C20H28ClFN2O. The Labute approximate surface area is 154 Å².